The Morgan fingerprint density at radius 2 is 1.68 bits per heavy atom. The Kier molecular flexibility index (Phi) is 10.4. The summed E-state index contributed by atoms with van der Waals surface area (Å²) in [5.41, 5.74) is 2.24. The fourth-order valence-electron chi connectivity index (χ4n) is 1.50. The number of rotatable bonds is 4. The summed E-state index contributed by atoms with van der Waals surface area (Å²) >= 11 is 0. The van der Waals surface area contributed by atoms with E-state index in [2.05, 4.69) is 22.4 Å². The van der Waals surface area contributed by atoms with Crippen LogP contribution in [0, 0.1) is 0 Å². The summed E-state index contributed by atoms with van der Waals surface area (Å²) in [5.74, 6) is 0. The Bertz CT molecular complexity index is 412. The number of nitrogens with zero attached hydrogens (tertiary/aromatic N) is 3. The van der Waals surface area contributed by atoms with Gasteiger partial charge in [-0.3, -0.25) is 0 Å². The number of hydrogen-bond acceptors (Lipinski definition) is 3. The first-order valence-electron chi connectivity index (χ1n) is 6.92. The highest BCUT2D eigenvalue weighted by molar-refractivity contribution is 5.20. The summed E-state index contributed by atoms with van der Waals surface area (Å²) in [6.07, 6.45) is 2.54. The monoisotopic (exact) mass is 263 g/mol. The van der Waals surface area contributed by atoms with Crippen molar-refractivity contribution in [2.75, 3.05) is 6.61 Å². The zero-order valence-corrected chi connectivity index (χ0v) is 12.4. The van der Waals surface area contributed by atoms with Crippen LogP contribution in [0.3, 0.4) is 0 Å². The molecule has 4 nitrogen and oxygen atoms in total. The molecule has 19 heavy (non-hydrogen) atoms. The number of benzene rings is 1. The van der Waals surface area contributed by atoms with Gasteiger partial charge in [0.15, 0.2) is 0 Å². The molecule has 1 aromatic heterocycles. The minimum atomic E-state index is 0.0884. The summed E-state index contributed by atoms with van der Waals surface area (Å²) < 4.78 is 1.73. The molecule has 0 fully saturated rings. The molecule has 0 aliphatic heterocycles. The van der Waals surface area contributed by atoms with E-state index >= 15 is 0 Å². The van der Waals surface area contributed by atoms with Crippen LogP contribution >= 0.6 is 0 Å². The summed E-state index contributed by atoms with van der Waals surface area (Å²) in [6.45, 7) is 8.59. The topological polar surface area (TPSA) is 50.9 Å². The van der Waals surface area contributed by atoms with E-state index in [1.807, 2.05) is 45.9 Å². The van der Waals surface area contributed by atoms with Crippen molar-refractivity contribution in [2.24, 2.45) is 0 Å². The van der Waals surface area contributed by atoms with Crippen LogP contribution in [0.25, 0.3) is 0 Å². The average molecular weight is 263 g/mol. The molecule has 106 valence electrons. The van der Waals surface area contributed by atoms with E-state index in [1.54, 1.807) is 10.9 Å². The van der Waals surface area contributed by atoms with Gasteiger partial charge >= 0.3 is 0 Å². The van der Waals surface area contributed by atoms with Gasteiger partial charge in [-0.1, -0.05) is 63.2 Å². The Hall–Kier alpha value is -1.68. The third-order valence-electron chi connectivity index (χ3n) is 2.24. The third-order valence-corrected chi connectivity index (χ3v) is 2.24. The summed E-state index contributed by atoms with van der Waals surface area (Å²) in [6, 6.07) is 10.1. The maximum atomic E-state index is 8.84. The second-order valence-electron chi connectivity index (χ2n) is 3.33. The van der Waals surface area contributed by atoms with Crippen molar-refractivity contribution in [2.45, 2.75) is 40.7 Å². The third kappa shape index (κ3) is 6.15. The van der Waals surface area contributed by atoms with Gasteiger partial charge in [-0.05, 0) is 5.56 Å². The average Bonchev–Trinajstić information content (AvgIpc) is 2.92. The lowest BCUT2D eigenvalue weighted by Crippen LogP contribution is -2.08. The Morgan fingerprint density at radius 1 is 1.05 bits per heavy atom. The number of aliphatic hydroxyl groups excluding tert-OH is 1. The molecule has 2 aromatic rings. The number of aliphatic hydroxyl groups is 1. The molecule has 0 bridgehead atoms. The van der Waals surface area contributed by atoms with Crippen molar-refractivity contribution in [1.82, 2.24) is 15.0 Å². The predicted octanol–water partition coefficient (Wildman–Crippen LogP) is 2.91. The molecule has 0 atom stereocenters. The normalized spacial score (nSPS) is 8.89. The standard InChI is InChI=1S/C11H13N3O.2C2H6/c15-7-6-14-11(9-12-13-14)8-10-4-2-1-3-5-10;2*1-2/h1-5,9,15H,6-8H2;2*1-2H3. The van der Waals surface area contributed by atoms with Gasteiger partial charge in [0.25, 0.3) is 0 Å². The SMILES string of the molecule is CC.CC.OCCn1nncc1Cc1ccccc1. The van der Waals surface area contributed by atoms with Crippen LogP contribution in [-0.4, -0.2) is 26.7 Å². The lowest BCUT2D eigenvalue weighted by atomic mass is 10.1. The molecule has 0 aliphatic rings. The molecule has 0 amide bonds. The molecular formula is C15H25N3O. The largest absolute Gasteiger partial charge is 0.394 e. The molecule has 2 rings (SSSR count). The molecule has 0 radical (unpaired) electrons. The first kappa shape index (κ1) is 17.3. The summed E-state index contributed by atoms with van der Waals surface area (Å²) in [7, 11) is 0. The van der Waals surface area contributed by atoms with Gasteiger partial charge in [0.2, 0.25) is 0 Å². The lowest BCUT2D eigenvalue weighted by molar-refractivity contribution is 0.266. The van der Waals surface area contributed by atoms with Crippen LogP contribution in [0.4, 0.5) is 0 Å². The Morgan fingerprint density at radius 3 is 2.26 bits per heavy atom. The molecule has 0 unspecified atom stereocenters. The summed E-state index contributed by atoms with van der Waals surface area (Å²) in [4.78, 5) is 0. The van der Waals surface area contributed by atoms with Crippen molar-refractivity contribution in [1.29, 1.82) is 0 Å². The molecular weight excluding hydrogens is 238 g/mol. The van der Waals surface area contributed by atoms with Crippen LogP contribution in [0.2, 0.25) is 0 Å². The number of aromatic nitrogens is 3. The molecule has 0 saturated carbocycles. The van der Waals surface area contributed by atoms with Crippen molar-refractivity contribution in [3.8, 4) is 0 Å². The van der Waals surface area contributed by atoms with Gasteiger partial charge in [0, 0.05) is 6.42 Å². The van der Waals surface area contributed by atoms with E-state index in [4.69, 9.17) is 5.11 Å². The first-order chi connectivity index (χ1) is 9.40. The van der Waals surface area contributed by atoms with Crippen LogP contribution in [0.5, 0.6) is 0 Å². The molecule has 1 N–H and O–H groups in total. The number of hydrogen-bond donors (Lipinski definition) is 1. The van der Waals surface area contributed by atoms with Gasteiger partial charge in [-0.25, -0.2) is 4.68 Å². The van der Waals surface area contributed by atoms with Crippen LogP contribution < -0.4 is 0 Å². The quantitative estimate of drug-likeness (QED) is 0.922. The van der Waals surface area contributed by atoms with Gasteiger partial charge in [-0.2, -0.15) is 0 Å². The minimum absolute atomic E-state index is 0.0884. The molecule has 4 heteroatoms. The Labute approximate surface area is 116 Å². The van der Waals surface area contributed by atoms with Crippen molar-refractivity contribution in [3.05, 3.63) is 47.8 Å². The highest BCUT2D eigenvalue weighted by Gasteiger charge is 2.03. The molecule has 0 spiro atoms. The van der Waals surface area contributed by atoms with Gasteiger partial charge in [0.1, 0.15) is 0 Å². The second-order valence-corrected chi connectivity index (χ2v) is 3.33. The van der Waals surface area contributed by atoms with Crippen molar-refractivity contribution in [3.63, 3.8) is 0 Å². The van der Waals surface area contributed by atoms with Crippen LogP contribution in [-0.2, 0) is 13.0 Å². The van der Waals surface area contributed by atoms with Gasteiger partial charge in [-0.15, -0.1) is 5.10 Å². The highest BCUT2D eigenvalue weighted by Crippen LogP contribution is 2.07. The maximum absolute atomic E-state index is 8.84. The smallest absolute Gasteiger partial charge is 0.0728 e. The van der Waals surface area contributed by atoms with Gasteiger partial charge in [0.05, 0.1) is 25.0 Å². The van der Waals surface area contributed by atoms with E-state index in [0.29, 0.717) is 6.54 Å². The minimum Gasteiger partial charge on any atom is -0.394 e. The van der Waals surface area contributed by atoms with Crippen molar-refractivity contribution < 1.29 is 5.11 Å². The molecule has 1 heterocycles. The molecule has 1 aromatic carbocycles. The Balaban J connectivity index is 0.000000741. The van der Waals surface area contributed by atoms with E-state index in [9.17, 15) is 0 Å². The predicted molar refractivity (Wildman–Crippen MR) is 79.1 cm³/mol. The van der Waals surface area contributed by atoms with E-state index in [0.717, 1.165) is 12.1 Å². The maximum Gasteiger partial charge on any atom is 0.0728 e. The van der Waals surface area contributed by atoms with Crippen LogP contribution in [0.15, 0.2) is 36.5 Å². The zero-order chi connectivity index (χ0) is 14.5. The fraction of sp³-hybridized carbons (Fsp3) is 0.467. The van der Waals surface area contributed by atoms with E-state index in [-0.39, 0.29) is 6.61 Å². The molecule has 0 saturated heterocycles. The first-order valence-corrected chi connectivity index (χ1v) is 6.92. The van der Waals surface area contributed by atoms with Crippen LogP contribution in [0.1, 0.15) is 39.0 Å². The van der Waals surface area contributed by atoms with Gasteiger partial charge < -0.3 is 5.11 Å². The summed E-state index contributed by atoms with van der Waals surface area (Å²) in [5, 5.41) is 16.6. The van der Waals surface area contributed by atoms with Crippen molar-refractivity contribution >= 4 is 0 Å². The highest BCUT2D eigenvalue weighted by atomic mass is 16.3. The second kappa shape index (κ2) is 11.4. The fourth-order valence-corrected chi connectivity index (χ4v) is 1.50. The zero-order valence-electron chi connectivity index (χ0n) is 12.4. The van der Waals surface area contributed by atoms with E-state index < -0.39 is 0 Å². The lowest BCUT2D eigenvalue weighted by Gasteiger charge is -2.03. The molecule has 0 aliphatic carbocycles. The van der Waals surface area contributed by atoms with E-state index in [1.165, 1.54) is 5.56 Å².